The van der Waals surface area contributed by atoms with Crippen LogP contribution in [0.1, 0.15) is 39.4 Å². The van der Waals surface area contributed by atoms with Crippen LogP contribution in [0.5, 0.6) is 0 Å². The Balaban J connectivity index is 1.22. The zero-order chi connectivity index (χ0) is 29.0. The number of halogens is 3. The fourth-order valence-corrected chi connectivity index (χ4v) is 4.98. The van der Waals surface area contributed by atoms with Gasteiger partial charge in [-0.3, -0.25) is 9.48 Å². The highest BCUT2D eigenvalue weighted by atomic mass is 19.4. The number of nitrogens with zero attached hydrogens (tertiary/aromatic N) is 4. The summed E-state index contributed by atoms with van der Waals surface area (Å²) in [6.45, 7) is 4.86. The number of carbonyl (C=O) groups excluding carboxylic acids is 1. The van der Waals surface area contributed by atoms with Gasteiger partial charge < -0.3 is 20.3 Å². The van der Waals surface area contributed by atoms with Crippen LogP contribution in [0.3, 0.4) is 0 Å². The lowest BCUT2D eigenvalue weighted by molar-refractivity contribution is -0.137. The van der Waals surface area contributed by atoms with E-state index < -0.39 is 17.6 Å². The summed E-state index contributed by atoms with van der Waals surface area (Å²) in [6, 6.07) is 14.0. The molecule has 11 heteroatoms. The van der Waals surface area contributed by atoms with Gasteiger partial charge in [0.15, 0.2) is 0 Å². The number of hydrogen-bond donors (Lipinski definition) is 2. The monoisotopic (exact) mass is 564 g/mol. The Labute approximate surface area is 236 Å². The predicted molar refractivity (Wildman–Crippen MR) is 152 cm³/mol. The van der Waals surface area contributed by atoms with Crippen LogP contribution < -0.4 is 15.5 Å². The maximum absolute atomic E-state index is 13.1. The molecule has 1 amide bonds. The van der Waals surface area contributed by atoms with E-state index in [-0.39, 0.29) is 11.6 Å². The first kappa shape index (κ1) is 28.2. The Morgan fingerprint density at radius 3 is 2.71 bits per heavy atom. The third-order valence-corrected chi connectivity index (χ3v) is 7.16. The minimum absolute atomic E-state index is 0.101. The van der Waals surface area contributed by atoms with Crippen molar-refractivity contribution in [2.24, 2.45) is 0 Å². The van der Waals surface area contributed by atoms with Crippen molar-refractivity contribution >= 4 is 28.8 Å². The highest BCUT2D eigenvalue weighted by molar-refractivity contribution is 6.04. The van der Waals surface area contributed by atoms with Gasteiger partial charge in [0.1, 0.15) is 5.82 Å². The summed E-state index contributed by atoms with van der Waals surface area (Å²) in [5.41, 5.74) is 3.67. The van der Waals surface area contributed by atoms with Gasteiger partial charge >= 0.3 is 6.18 Å². The second kappa shape index (κ2) is 12.0. The summed E-state index contributed by atoms with van der Waals surface area (Å²) in [5.74, 6) is 0.468. The first-order chi connectivity index (χ1) is 19.7. The van der Waals surface area contributed by atoms with Gasteiger partial charge in [0.25, 0.3) is 5.91 Å². The smallest absolute Gasteiger partial charge is 0.383 e. The summed E-state index contributed by atoms with van der Waals surface area (Å²) < 4.78 is 46.1. The van der Waals surface area contributed by atoms with Crippen molar-refractivity contribution in [2.75, 3.05) is 42.3 Å². The second-order valence-electron chi connectivity index (χ2n) is 10.0. The second-order valence-corrected chi connectivity index (χ2v) is 10.0. The highest BCUT2D eigenvalue weighted by Gasteiger charge is 2.31. The van der Waals surface area contributed by atoms with Crippen LogP contribution in [0.15, 0.2) is 73.2 Å². The molecule has 8 nitrogen and oxygen atoms in total. The molecule has 5 rings (SSSR count). The number of methoxy groups -OCH3 is 1. The lowest BCUT2D eigenvalue weighted by atomic mass is 9.92. The molecule has 1 saturated heterocycles. The van der Waals surface area contributed by atoms with Gasteiger partial charge in [0.2, 0.25) is 0 Å². The molecule has 3 heterocycles. The van der Waals surface area contributed by atoms with E-state index in [0.717, 1.165) is 54.1 Å². The summed E-state index contributed by atoms with van der Waals surface area (Å²) in [5, 5.41) is 10.2. The van der Waals surface area contributed by atoms with Crippen molar-refractivity contribution in [1.29, 1.82) is 0 Å². The maximum Gasteiger partial charge on any atom is 0.416 e. The molecule has 41 heavy (non-hydrogen) atoms. The van der Waals surface area contributed by atoms with Crippen molar-refractivity contribution in [1.82, 2.24) is 14.8 Å². The molecule has 4 aromatic rings. The molecule has 214 valence electrons. The average Bonchev–Trinajstić information content (AvgIpc) is 3.62. The highest BCUT2D eigenvalue weighted by Crippen LogP contribution is 2.34. The number of rotatable bonds is 9. The van der Waals surface area contributed by atoms with Crippen LogP contribution in [-0.4, -0.2) is 47.5 Å². The van der Waals surface area contributed by atoms with E-state index in [4.69, 9.17) is 4.74 Å². The van der Waals surface area contributed by atoms with Crippen LogP contribution in [0, 0.1) is 6.92 Å². The Bertz CT molecular complexity index is 1500. The normalized spacial score (nSPS) is 15.2. The number of alkyl halides is 3. The molecule has 1 atom stereocenters. The number of carbonyl (C=O) groups is 1. The van der Waals surface area contributed by atoms with Gasteiger partial charge in [-0.05, 0) is 66.9 Å². The van der Waals surface area contributed by atoms with Gasteiger partial charge in [-0.2, -0.15) is 18.3 Å². The Morgan fingerprint density at radius 2 is 1.95 bits per heavy atom. The van der Waals surface area contributed by atoms with Crippen LogP contribution >= 0.6 is 0 Å². The molecule has 1 aliphatic rings. The molecule has 0 radical (unpaired) electrons. The van der Waals surface area contributed by atoms with E-state index in [2.05, 4.69) is 25.6 Å². The summed E-state index contributed by atoms with van der Waals surface area (Å²) in [4.78, 5) is 19.8. The van der Waals surface area contributed by atoms with E-state index in [1.54, 1.807) is 24.1 Å². The fraction of sp³-hybridized carbons (Fsp3) is 0.300. The van der Waals surface area contributed by atoms with Crippen LogP contribution in [0.4, 0.5) is 36.1 Å². The van der Waals surface area contributed by atoms with Gasteiger partial charge in [0, 0.05) is 43.6 Å². The van der Waals surface area contributed by atoms with Crippen molar-refractivity contribution in [2.45, 2.75) is 32.0 Å². The van der Waals surface area contributed by atoms with Gasteiger partial charge in [-0.1, -0.05) is 12.1 Å². The number of anilines is 4. The topological polar surface area (TPSA) is 84.3 Å². The molecule has 1 unspecified atom stereocenters. The summed E-state index contributed by atoms with van der Waals surface area (Å²) >= 11 is 0. The molecular formula is C30H31F3N6O2. The summed E-state index contributed by atoms with van der Waals surface area (Å²) in [7, 11) is 1.65. The molecule has 2 aromatic carbocycles. The van der Waals surface area contributed by atoms with Crippen molar-refractivity contribution in [3.8, 4) is 0 Å². The molecule has 2 aromatic heterocycles. The van der Waals surface area contributed by atoms with E-state index in [1.807, 2.05) is 43.6 Å². The molecule has 0 spiro atoms. The van der Waals surface area contributed by atoms with Crippen LogP contribution in [-0.2, 0) is 17.5 Å². The Kier molecular flexibility index (Phi) is 8.25. The maximum atomic E-state index is 13.1. The SMILES string of the molecule is COCCn1cc(Nc2ccc(N3CCC(c4cc(C(=O)Nc5cccc(C(F)(F)F)c5)ccc4C)C3)cn2)cn1. The molecule has 0 saturated carbocycles. The lowest BCUT2D eigenvalue weighted by Crippen LogP contribution is -2.20. The number of hydrogen-bond acceptors (Lipinski definition) is 6. The largest absolute Gasteiger partial charge is 0.416 e. The lowest BCUT2D eigenvalue weighted by Gasteiger charge is -2.20. The fourth-order valence-electron chi connectivity index (χ4n) is 4.98. The first-order valence-electron chi connectivity index (χ1n) is 13.3. The third-order valence-electron chi connectivity index (χ3n) is 7.16. The van der Waals surface area contributed by atoms with Crippen LogP contribution in [0.2, 0.25) is 0 Å². The molecule has 0 bridgehead atoms. The number of ether oxygens (including phenoxy) is 1. The number of amides is 1. The number of pyridine rings is 1. The standard InChI is InChI=1S/C30H31F3N6O2/c1-20-6-7-21(29(40)37-24-5-3-4-23(15-24)30(31,32)33)14-27(20)22-10-11-38(18-22)26-8-9-28(34-17-26)36-25-16-35-39(19-25)12-13-41-2/h3-9,14-17,19,22H,10-13,18H2,1-2H3,(H,34,36)(H,37,40). The Hall–Kier alpha value is -4.38. The zero-order valence-corrected chi connectivity index (χ0v) is 22.8. The molecule has 1 fully saturated rings. The molecular weight excluding hydrogens is 533 g/mol. The van der Waals surface area contributed by atoms with Gasteiger partial charge in [-0.25, -0.2) is 4.98 Å². The van der Waals surface area contributed by atoms with Gasteiger partial charge in [0.05, 0.1) is 42.5 Å². The first-order valence-corrected chi connectivity index (χ1v) is 13.3. The Morgan fingerprint density at radius 1 is 1.10 bits per heavy atom. The third kappa shape index (κ3) is 6.86. The summed E-state index contributed by atoms with van der Waals surface area (Å²) in [6.07, 6.45) is 1.90. The molecule has 0 aliphatic carbocycles. The number of nitrogens with one attached hydrogen (secondary N) is 2. The van der Waals surface area contributed by atoms with E-state index in [9.17, 15) is 18.0 Å². The minimum Gasteiger partial charge on any atom is -0.383 e. The van der Waals surface area contributed by atoms with Crippen molar-refractivity contribution < 1.29 is 22.7 Å². The zero-order valence-electron chi connectivity index (χ0n) is 22.8. The predicted octanol–water partition coefficient (Wildman–Crippen LogP) is 6.24. The number of benzene rings is 2. The average molecular weight is 565 g/mol. The van der Waals surface area contributed by atoms with E-state index >= 15 is 0 Å². The quantitative estimate of drug-likeness (QED) is 0.250. The van der Waals surface area contributed by atoms with Crippen molar-refractivity contribution in [3.63, 3.8) is 0 Å². The molecule has 1 aliphatic heterocycles. The van der Waals surface area contributed by atoms with Crippen LogP contribution in [0.25, 0.3) is 0 Å². The minimum atomic E-state index is -4.48. The number of aryl methyl sites for hydroxylation is 1. The van der Waals surface area contributed by atoms with Crippen molar-refractivity contribution in [3.05, 3.63) is 95.4 Å². The van der Waals surface area contributed by atoms with Gasteiger partial charge in [-0.15, -0.1) is 0 Å². The van der Waals surface area contributed by atoms with E-state index in [1.165, 1.54) is 12.1 Å². The van der Waals surface area contributed by atoms with E-state index in [0.29, 0.717) is 24.5 Å². The molecule has 2 N–H and O–H groups in total. The number of aromatic nitrogens is 3.